The Morgan fingerprint density at radius 2 is 1.74 bits per heavy atom. The topological polar surface area (TPSA) is 89.0 Å². The molecule has 23 heavy (non-hydrogen) atoms. The summed E-state index contributed by atoms with van der Waals surface area (Å²) in [5.74, 6) is -1.16. The van der Waals surface area contributed by atoms with E-state index < -0.39 is 25.8 Å². The third-order valence-corrected chi connectivity index (χ3v) is 8.69. The van der Waals surface area contributed by atoms with E-state index in [2.05, 4.69) is 43.4 Å². The quantitative estimate of drug-likeness (QED) is 0.169. The number of hydrogen-bond donors (Lipinski definition) is 0. The Bertz CT molecular complexity index is 489. The molecule has 0 rings (SSSR count). The summed E-state index contributed by atoms with van der Waals surface area (Å²) in [7, 11) is -0.915. The van der Waals surface area contributed by atoms with Crippen molar-refractivity contribution < 1.29 is 23.5 Å². The van der Waals surface area contributed by atoms with Crippen LogP contribution in [0, 0.1) is 5.92 Å². The summed E-state index contributed by atoms with van der Waals surface area (Å²) in [6, 6.07) is 0. The Morgan fingerprint density at radius 1 is 1.22 bits per heavy atom. The van der Waals surface area contributed by atoms with Gasteiger partial charge in [0.2, 0.25) is 0 Å². The number of ketones is 1. The van der Waals surface area contributed by atoms with Crippen molar-refractivity contribution in [3.63, 3.8) is 0 Å². The molecular formula is C16H30N2O4Si. The molecule has 0 aliphatic rings. The van der Waals surface area contributed by atoms with Gasteiger partial charge in [-0.15, -0.1) is 0 Å². The van der Waals surface area contributed by atoms with Gasteiger partial charge in [0, 0.05) is 6.42 Å². The molecule has 0 radical (unpaired) electrons. The fourth-order valence-corrected chi connectivity index (χ4v) is 3.27. The summed E-state index contributed by atoms with van der Waals surface area (Å²) < 4.78 is 10.8. The summed E-state index contributed by atoms with van der Waals surface area (Å²) in [6.07, 6.45) is 0.377. The number of esters is 1. The second kappa shape index (κ2) is 8.52. The molecule has 6 nitrogen and oxygen atoms in total. The van der Waals surface area contributed by atoms with E-state index in [0.29, 0.717) is 12.3 Å². The Hall–Kier alpha value is -1.30. The lowest BCUT2D eigenvalue weighted by molar-refractivity contribution is -0.139. The van der Waals surface area contributed by atoms with Crippen molar-refractivity contribution in [3.8, 4) is 0 Å². The van der Waals surface area contributed by atoms with Gasteiger partial charge in [-0.25, -0.2) is 4.79 Å². The van der Waals surface area contributed by atoms with Crippen LogP contribution in [-0.4, -0.2) is 43.8 Å². The van der Waals surface area contributed by atoms with Crippen LogP contribution < -0.4 is 0 Å². The lowest BCUT2D eigenvalue weighted by atomic mass is 10.0. The Kier molecular flexibility index (Phi) is 8.04. The van der Waals surface area contributed by atoms with Crippen molar-refractivity contribution in [2.24, 2.45) is 5.92 Å². The fourth-order valence-electron chi connectivity index (χ4n) is 1.90. The van der Waals surface area contributed by atoms with Crippen molar-refractivity contribution in [1.82, 2.24) is 0 Å². The smallest absolute Gasteiger partial charge is 0.441 e. The van der Waals surface area contributed by atoms with Crippen molar-refractivity contribution in [3.05, 3.63) is 5.53 Å². The average Bonchev–Trinajstić information content (AvgIpc) is 2.36. The van der Waals surface area contributed by atoms with E-state index in [1.807, 2.05) is 13.8 Å². The molecule has 0 N–H and O–H groups in total. The van der Waals surface area contributed by atoms with Crippen molar-refractivity contribution >= 4 is 25.8 Å². The van der Waals surface area contributed by atoms with Gasteiger partial charge in [0.1, 0.15) is 0 Å². The van der Waals surface area contributed by atoms with Crippen molar-refractivity contribution in [2.45, 2.75) is 71.7 Å². The molecule has 0 aliphatic carbocycles. The second-order valence-electron chi connectivity index (χ2n) is 7.70. The summed E-state index contributed by atoms with van der Waals surface area (Å²) in [4.78, 5) is 26.5. The van der Waals surface area contributed by atoms with Crippen LogP contribution in [0.15, 0.2) is 0 Å². The second-order valence-corrected chi connectivity index (χ2v) is 12.5. The van der Waals surface area contributed by atoms with Crippen LogP contribution in [0.1, 0.15) is 47.5 Å². The molecule has 0 fully saturated rings. The van der Waals surface area contributed by atoms with Crippen molar-refractivity contribution in [2.75, 3.05) is 7.11 Å². The predicted octanol–water partition coefficient (Wildman–Crippen LogP) is 3.23. The zero-order valence-corrected chi connectivity index (χ0v) is 16.6. The average molecular weight is 343 g/mol. The monoisotopic (exact) mass is 342 g/mol. The van der Waals surface area contributed by atoms with E-state index in [4.69, 9.17) is 9.96 Å². The van der Waals surface area contributed by atoms with Gasteiger partial charge in [0.05, 0.1) is 13.2 Å². The summed E-state index contributed by atoms with van der Waals surface area (Å²) >= 11 is 0. The molecule has 0 aromatic carbocycles. The number of rotatable bonds is 8. The first-order valence-corrected chi connectivity index (χ1v) is 10.8. The highest BCUT2D eigenvalue weighted by molar-refractivity contribution is 6.74. The van der Waals surface area contributed by atoms with E-state index in [0.717, 1.165) is 7.11 Å². The number of carbonyl (C=O) groups is 2. The van der Waals surface area contributed by atoms with Gasteiger partial charge in [0.25, 0.3) is 5.78 Å². The molecule has 132 valence electrons. The van der Waals surface area contributed by atoms with Crippen LogP contribution in [0.4, 0.5) is 0 Å². The zero-order chi connectivity index (χ0) is 18.4. The summed E-state index contributed by atoms with van der Waals surface area (Å²) in [5, 5.41) is 0.0154. The Balaban J connectivity index is 5.25. The molecule has 0 saturated heterocycles. The van der Waals surface area contributed by atoms with Crippen LogP contribution in [-0.2, 0) is 18.8 Å². The van der Waals surface area contributed by atoms with E-state index in [9.17, 15) is 9.59 Å². The van der Waals surface area contributed by atoms with E-state index in [-0.39, 0.29) is 17.6 Å². The summed E-state index contributed by atoms with van der Waals surface area (Å²) in [6.45, 7) is 14.7. The van der Waals surface area contributed by atoms with Crippen molar-refractivity contribution in [1.29, 1.82) is 0 Å². The third kappa shape index (κ3) is 6.77. The van der Waals surface area contributed by atoms with Gasteiger partial charge in [0.15, 0.2) is 8.32 Å². The third-order valence-electron chi connectivity index (χ3n) is 4.16. The number of Topliss-reactive ketones (excluding diaryl/α,β-unsaturated/α-hetero) is 1. The van der Waals surface area contributed by atoms with Gasteiger partial charge in [-0.05, 0) is 30.5 Å². The first kappa shape index (κ1) is 21.7. The standard InChI is InChI=1S/C16H30N2O4Si/c1-11(2)9-12(22-23(7,8)16(3,4)5)10-13(19)14(18-17)15(20)21-6/h11-12H,9-10H2,1-8H3/t12-/m1/s1. The molecular weight excluding hydrogens is 312 g/mol. The van der Waals surface area contributed by atoms with Crippen LogP contribution in [0.25, 0.3) is 5.53 Å². The number of carbonyl (C=O) groups excluding carboxylic acids is 2. The Labute approximate surface area is 140 Å². The minimum atomic E-state index is -2.05. The van der Waals surface area contributed by atoms with Gasteiger partial charge < -0.3 is 14.7 Å². The first-order chi connectivity index (χ1) is 10.4. The van der Waals surface area contributed by atoms with Crippen LogP contribution in [0.2, 0.25) is 18.1 Å². The highest BCUT2D eigenvalue weighted by Crippen LogP contribution is 2.38. The Morgan fingerprint density at radius 3 is 2.09 bits per heavy atom. The fraction of sp³-hybridized carbons (Fsp3) is 0.812. The predicted molar refractivity (Wildman–Crippen MR) is 91.8 cm³/mol. The minimum Gasteiger partial charge on any atom is -0.460 e. The molecule has 0 aliphatic heterocycles. The first-order valence-electron chi connectivity index (χ1n) is 7.87. The van der Waals surface area contributed by atoms with Gasteiger partial charge >= 0.3 is 11.7 Å². The molecule has 0 saturated carbocycles. The highest BCUT2D eigenvalue weighted by atomic mass is 28.4. The lowest BCUT2D eigenvalue weighted by Gasteiger charge is -2.39. The minimum absolute atomic E-state index is 0.000810. The van der Waals surface area contributed by atoms with Crippen LogP contribution >= 0.6 is 0 Å². The zero-order valence-electron chi connectivity index (χ0n) is 15.6. The molecule has 0 unspecified atom stereocenters. The molecule has 1 atom stereocenters. The highest BCUT2D eigenvalue weighted by Gasteiger charge is 2.41. The van der Waals surface area contributed by atoms with Gasteiger partial charge in [-0.3, -0.25) is 4.79 Å². The summed E-state index contributed by atoms with van der Waals surface area (Å²) in [5.41, 5.74) is 8.31. The maximum Gasteiger partial charge on any atom is 0.441 e. The molecule has 0 heterocycles. The van der Waals surface area contributed by atoms with E-state index in [1.54, 1.807) is 0 Å². The number of hydrogen-bond acceptors (Lipinski definition) is 4. The molecule has 0 spiro atoms. The lowest BCUT2D eigenvalue weighted by Crippen LogP contribution is -2.45. The molecule has 0 bridgehead atoms. The van der Waals surface area contributed by atoms with Crippen LogP contribution in [0.3, 0.4) is 0 Å². The molecule has 0 amide bonds. The number of nitrogens with zero attached hydrogens (tertiary/aromatic N) is 2. The molecule has 7 heteroatoms. The van der Waals surface area contributed by atoms with Crippen LogP contribution in [0.5, 0.6) is 0 Å². The van der Waals surface area contributed by atoms with E-state index in [1.165, 1.54) is 0 Å². The largest absolute Gasteiger partial charge is 0.460 e. The number of ether oxygens (including phenoxy) is 1. The van der Waals surface area contributed by atoms with E-state index >= 15 is 0 Å². The maximum absolute atomic E-state index is 12.2. The SMILES string of the molecule is COC(=O)C(=[N+]=[N-])C(=O)C[C@@H](CC(C)C)O[Si](C)(C)C(C)(C)C. The molecule has 0 aromatic rings. The van der Waals surface area contributed by atoms with Gasteiger partial charge in [-0.1, -0.05) is 34.6 Å². The van der Waals surface area contributed by atoms with Gasteiger partial charge in [-0.2, -0.15) is 4.79 Å². The number of methoxy groups -OCH3 is 1. The maximum atomic E-state index is 12.2. The normalized spacial score (nSPS) is 13.4. The molecule has 0 aromatic heterocycles.